The van der Waals surface area contributed by atoms with E-state index in [0.717, 1.165) is 5.56 Å². The summed E-state index contributed by atoms with van der Waals surface area (Å²) in [5.41, 5.74) is 1.12. The molecule has 1 N–H and O–H groups in total. The van der Waals surface area contributed by atoms with Gasteiger partial charge in [0.1, 0.15) is 5.82 Å². The van der Waals surface area contributed by atoms with E-state index in [2.05, 4.69) is 26.1 Å². The highest BCUT2D eigenvalue weighted by Crippen LogP contribution is 2.22. The lowest BCUT2D eigenvalue weighted by molar-refractivity contribution is 0.162. The predicted octanol–water partition coefficient (Wildman–Crippen LogP) is 3.15. The molecule has 1 rings (SSSR count). The van der Waals surface area contributed by atoms with Gasteiger partial charge in [0.15, 0.2) is 0 Å². The summed E-state index contributed by atoms with van der Waals surface area (Å²) in [5, 5.41) is 3.51. The molecule has 1 aromatic carbocycles. The molecule has 96 valence electrons. The SMILES string of the molecule is COCC(C)NC(c1ccc(F)cc1)C(C)C. The minimum Gasteiger partial charge on any atom is -0.383 e. The second-order valence-corrected chi connectivity index (χ2v) is 4.80. The number of nitrogens with one attached hydrogen (secondary N) is 1. The molecule has 0 aromatic heterocycles. The van der Waals surface area contributed by atoms with Crippen LogP contribution in [0.2, 0.25) is 0 Å². The molecule has 0 saturated carbocycles. The number of methoxy groups -OCH3 is 1. The van der Waals surface area contributed by atoms with Gasteiger partial charge in [0.25, 0.3) is 0 Å². The van der Waals surface area contributed by atoms with Crippen LogP contribution in [-0.2, 0) is 4.74 Å². The molecule has 0 saturated heterocycles. The standard InChI is InChI=1S/C14H22FNO/c1-10(2)14(16-11(3)9-17-4)12-5-7-13(15)8-6-12/h5-8,10-11,14,16H,9H2,1-4H3. The van der Waals surface area contributed by atoms with E-state index >= 15 is 0 Å². The maximum absolute atomic E-state index is 12.9. The molecule has 0 fully saturated rings. The fraction of sp³-hybridized carbons (Fsp3) is 0.571. The fourth-order valence-corrected chi connectivity index (χ4v) is 1.95. The van der Waals surface area contributed by atoms with E-state index in [0.29, 0.717) is 12.5 Å². The van der Waals surface area contributed by atoms with Crippen molar-refractivity contribution in [2.45, 2.75) is 32.9 Å². The first kappa shape index (κ1) is 14.1. The average molecular weight is 239 g/mol. The molecular formula is C14H22FNO. The van der Waals surface area contributed by atoms with Gasteiger partial charge < -0.3 is 10.1 Å². The van der Waals surface area contributed by atoms with Crippen molar-refractivity contribution in [3.63, 3.8) is 0 Å². The Morgan fingerprint density at radius 1 is 1.18 bits per heavy atom. The van der Waals surface area contributed by atoms with Crippen molar-refractivity contribution in [2.75, 3.05) is 13.7 Å². The number of hydrogen-bond acceptors (Lipinski definition) is 2. The van der Waals surface area contributed by atoms with Gasteiger partial charge in [-0.3, -0.25) is 0 Å². The normalized spacial score (nSPS) is 14.9. The summed E-state index contributed by atoms with van der Waals surface area (Å²) in [4.78, 5) is 0. The highest BCUT2D eigenvalue weighted by molar-refractivity contribution is 5.20. The third kappa shape index (κ3) is 4.44. The minimum absolute atomic E-state index is 0.193. The van der Waals surface area contributed by atoms with Crippen LogP contribution in [0.4, 0.5) is 4.39 Å². The zero-order valence-corrected chi connectivity index (χ0v) is 11.0. The number of halogens is 1. The smallest absolute Gasteiger partial charge is 0.123 e. The van der Waals surface area contributed by atoms with E-state index in [1.165, 1.54) is 12.1 Å². The molecular weight excluding hydrogens is 217 g/mol. The summed E-state index contributed by atoms with van der Waals surface area (Å²) >= 11 is 0. The number of benzene rings is 1. The number of rotatable bonds is 6. The molecule has 1 aromatic rings. The zero-order valence-electron chi connectivity index (χ0n) is 11.0. The fourth-order valence-electron chi connectivity index (χ4n) is 1.95. The van der Waals surface area contributed by atoms with Gasteiger partial charge in [-0.2, -0.15) is 0 Å². The van der Waals surface area contributed by atoms with Crippen LogP contribution in [-0.4, -0.2) is 19.8 Å². The lowest BCUT2D eigenvalue weighted by Crippen LogP contribution is -2.36. The van der Waals surface area contributed by atoms with Crippen LogP contribution in [0.5, 0.6) is 0 Å². The molecule has 0 heterocycles. The van der Waals surface area contributed by atoms with Crippen LogP contribution < -0.4 is 5.32 Å². The third-order valence-electron chi connectivity index (χ3n) is 2.78. The summed E-state index contributed by atoms with van der Waals surface area (Å²) in [6.45, 7) is 7.06. The molecule has 17 heavy (non-hydrogen) atoms. The molecule has 2 unspecified atom stereocenters. The van der Waals surface area contributed by atoms with Crippen LogP contribution in [0.3, 0.4) is 0 Å². The van der Waals surface area contributed by atoms with Gasteiger partial charge in [0.2, 0.25) is 0 Å². The largest absolute Gasteiger partial charge is 0.383 e. The van der Waals surface area contributed by atoms with Crippen molar-refractivity contribution in [1.29, 1.82) is 0 Å². The topological polar surface area (TPSA) is 21.3 Å². The average Bonchev–Trinajstić information content (AvgIpc) is 2.27. The van der Waals surface area contributed by atoms with Gasteiger partial charge >= 0.3 is 0 Å². The van der Waals surface area contributed by atoms with Gasteiger partial charge in [-0.05, 0) is 30.5 Å². The van der Waals surface area contributed by atoms with Crippen molar-refractivity contribution in [1.82, 2.24) is 5.32 Å². The Hall–Kier alpha value is -0.930. The van der Waals surface area contributed by atoms with Crippen LogP contribution in [0, 0.1) is 11.7 Å². The first-order chi connectivity index (χ1) is 8.04. The molecule has 3 heteroatoms. The third-order valence-corrected chi connectivity index (χ3v) is 2.78. The maximum atomic E-state index is 12.9. The zero-order chi connectivity index (χ0) is 12.8. The van der Waals surface area contributed by atoms with Crippen LogP contribution in [0.1, 0.15) is 32.4 Å². The minimum atomic E-state index is -0.193. The quantitative estimate of drug-likeness (QED) is 0.823. The highest BCUT2D eigenvalue weighted by atomic mass is 19.1. The molecule has 2 atom stereocenters. The summed E-state index contributed by atoms with van der Waals surface area (Å²) in [6, 6.07) is 7.19. The van der Waals surface area contributed by atoms with Gasteiger partial charge in [-0.25, -0.2) is 4.39 Å². The molecule has 0 amide bonds. The van der Waals surface area contributed by atoms with Gasteiger partial charge in [-0.1, -0.05) is 26.0 Å². The summed E-state index contributed by atoms with van der Waals surface area (Å²) in [6.07, 6.45) is 0. The van der Waals surface area contributed by atoms with Gasteiger partial charge in [-0.15, -0.1) is 0 Å². The number of hydrogen-bond donors (Lipinski definition) is 1. The van der Waals surface area contributed by atoms with Crippen LogP contribution >= 0.6 is 0 Å². The highest BCUT2D eigenvalue weighted by Gasteiger charge is 2.17. The van der Waals surface area contributed by atoms with E-state index in [1.54, 1.807) is 7.11 Å². The second-order valence-electron chi connectivity index (χ2n) is 4.80. The summed E-state index contributed by atoms with van der Waals surface area (Å²) < 4.78 is 18.0. The van der Waals surface area contributed by atoms with E-state index in [-0.39, 0.29) is 17.9 Å². The van der Waals surface area contributed by atoms with E-state index in [9.17, 15) is 4.39 Å². The first-order valence-corrected chi connectivity index (χ1v) is 6.05. The Morgan fingerprint density at radius 2 is 1.76 bits per heavy atom. The van der Waals surface area contributed by atoms with Gasteiger partial charge in [0, 0.05) is 19.2 Å². The van der Waals surface area contributed by atoms with E-state index in [1.807, 2.05) is 12.1 Å². The first-order valence-electron chi connectivity index (χ1n) is 6.05. The Balaban J connectivity index is 2.75. The Labute approximate surface area is 103 Å². The van der Waals surface area contributed by atoms with Crippen LogP contribution in [0.15, 0.2) is 24.3 Å². The van der Waals surface area contributed by atoms with Gasteiger partial charge in [0.05, 0.1) is 6.61 Å². The lowest BCUT2D eigenvalue weighted by Gasteiger charge is -2.26. The van der Waals surface area contributed by atoms with Crippen molar-refractivity contribution < 1.29 is 9.13 Å². The molecule has 0 bridgehead atoms. The maximum Gasteiger partial charge on any atom is 0.123 e. The van der Waals surface area contributed by atoms with E-state index < -0.39 is 0 Å². The Morgan fingerprint density at radius 3 is 2.24 bits per heavy atom. The van der Waals surface area contributed by atoms with E-state index in [4.69, 9.17) is 4.74 Å². The molecule has 0 aliphatic heterocycles. The summed E-state index contributed by atoms with van der Waals surface area (Å²) in [5.74, 6) is 0.251. The molecule has 0 aliphatic rings. The predicted molar refractivity (Wildman–Crippen MR) is 68.5 cm³/mol. The van der Waals surface area contributed by atoms with Crippen molar-refractivity contribution in [2.24, 2.45) is 5.92 Å². The molecule has 2 nitrogen and oxygen atoms in total. The van der Waals surface area contributed by atoms with Crippen molar-refractivity contribution >= 4 is 0 Å². The van der Waals surface area contributed by atoms with Crippen LogP contribution in [0.25, 0.3) is 0 Å². The number of ether oxygens (including phenoxy) is 1. The Kier molecular flexibility index (Phi) is 5.59. The lowest BCUT2D eigenvalue weighted by atomic mass is 9.95. The molecule has 0 aliphatic carbocycles. The molecule has 0 radical (unpaired) electrons. The Bertz CT molecular complexity index is 323. The monoisotopic (exact) mass is 239 g/mol. The second kappa shape index (κ2) is 6.72. The van der Waals surface area contributed by atoms with Crippen molar-refractivity contribution in [3.8, 4) is 0 Å². The van der Waals surface area contributed by atoms with Crippen molar-refractivity contribution in [3.05, 3.63) is 35.6 Å². The molecule has 0 spiro atoms. The summed E-state index contributed by atoms with van der Waals surface area (Å²) in [7, 11) is 1.69.